The van der Waals surface area contributed by atoms with Crippen LogP contribution in [0.4, 0.5) is 34.1 Å². The van der Waals surface area contributed by atoms with Crippen molar-refractivity contribution in [2.24, 2.45) is 0 Å². The molecule has 0 unspecified atom stereocenters. The smallest absolute Gasteiger partial charge is 0.160 e. The Morgan fingerprint density at radius 1 is 0.282 bits per heavy atom. The fourth-order valence-corrected chi connectivity index (χ4v) is 13.9. The first-order chi connectivity index (χ1) is 38.2. The van der Waals surface area contributed by atoms with E-state index in [1.54, 1.807) is 0 Å². The summed E-state index contributed by atoms with van der Waals surface area (Å²) >= 11 is 0. The predicted molar refractivity (Wildman–Crippen MR) is 320 cm³/mol. The molecule has 0 atom stereocenters. The highest BCUT2D eigenvalue weighted by Gasteiger charge is 2.40. The van der Waals surface area contributed by atoms with Crippen LogP contribution in [-0.4, -0.2) is 0 Å². The topological polar surface area (TPSA) is 59.0 Å². The molecule has 6 nitrogen and oxygen atoms in total. The van der Waals surface area contributed by atoms with E-state index in [4.69, 9.17) is 17.7 Å². The molecule has 0 fully saturated rings. The molecule has 4 aromatic heterocycles. The zero-order valence-corrected chi connectivity index (χ0v) is 43.3. The van der Waals surface area contributed by atoms with Gasteiger partial charge in [-0.3, -0.25) is 0 Å². The van der Waals surface area contributed by atoms with Crippen molar-refractivity contribution in [2.45, 2.75) is 38.5 Å². The van der Waals surface area contributed by atoms with E-state index in [2.05, 4.69) is 244 Å². The van der Waals surface area contributed by atoms with Crippen LogP contribution in [0.3, 0.4) is 0 Å². The number of furan rings is 4. The minimum absolute atomic E-state index is 0.188. The Morgan fingerprint density at radius 2 is 0.667 bits per heavy atom. The number of para-hydroxylation sites is 4. The summed E-state index contributed by atoms with van der Waals surface area (Å²) in [5.41, 5.74) is 21.9. The minimum Gasteiger partial charge on any atom is -0.456 e. The van der Waals surface area contributed by atoms with Crippen LogP contribution in [0.25, 0.3) is 110 Å². The first-order valence-electron chi connectivity index (χ1n) is 26.9. The van der Waals surface area contributed by atoms with Gasteiger partial charge in [-0.15, -0.1) is 0 Å². The molecule has 2 aliphatic rings. The molecule has 11 aromatic carbocycles. The van der Waals surface area contributed by atoms with Crippen LogP contribution < -0.4 is 9.80 Å². The second kappa shape index (κ2) is 15.4. The van der Waals surface area contributed by atoms with Gasteiger partial charge in [0, 0.05) is 88.6 Å². The highest BCUT2D eigenvalue weighted by atomic mass is 16.3. The molecule has 6 heteroatoms. The lowest BCUT2D eigenvalue weighted by Gasteiger charge is -2.28. The Kier molecular flexibility index (Phi) is 8.60. The molecule has 0 spiro atoms. The summed E-state index contributed by atoms with van der Waals surface area (Å²) in [6.45, 7) is 9.33. The minimum atomic E-state index is -0.188. The number of nitrogens with zero attached hydrogens (tertiary/aromatic N) is 2. The summed E-state index contributed by atoms with van der Waals surface area (Å²) in [6.07, 6.45) is 0. The average Bonchev–Trinajstić information content (AvgIpc) is 4.37. The van der Waals surface area contributed by atoms with E-state index in [-0.39, 0.29) is 10.8 Å². The third kappa shape index (κ3) is 5.70. The number of fused-ring (bicyclic) bond motifs is 20. The van der Waals surface area contributed by atoms with Crippen molar-refractivity contribution in [3.05, 3.63) is 241 Å². The van der Waals surface area contributed by atoms with Gasteiger partial charge < -0.3 is 27.5 Å². The lowest BCUT2D eigenvalue weighted by Crippen LogP contribution is -2.16. The molecular formula is C72H48N2O4. The molecular weight excluding hydrogens is 957 g/mol. The normalized spacial score (nSPS) is 14.1. The Labute approximate surface area is 448 Å². The van der Waals surface area contributed by atoms with E-state index in [0.717, 1.165) is 122 Å². The maximum Gasteiger partial charge on any atom is 0.160 e. The fraction of sp³-hybridized carbons (Fsp3) is 0.0833. The molecule has 78 heavy (non-hydrogen) atoms. The molecule has 0 saturated heterocycles. The molecule has 4 heterocycles. The van der Waals surface area contributed by atoms with Crippen LogP contribution in [0.15, 0.2) is 236 Å². The van der Waals surface area contributed by atoms with Crippen molar-refractivity contribution in [2.75, 3.05) is 9.80 Å². The van der Waals surface area contributed by atoms with Gasteiger partial charge in [-0.1, -0.05) is 173 Å². The van der Waals surface area contributed by atoms with Gasteiger partial charge in [0.05, 0.1) is 22.7 Å². The van der Waals surface area contributed by atoms with E-state index >= 15 is 0 Å². The summed E-state index contributed by atoms with van der Waals surface area (Å²) in [5, 5.41) is 7.86. The second-order valence-electron chi connectivity index (χ2n) is 22.3. The zero-order chi connectivity index (χ0) is 51.8. The van der Waals surface area contributed by atoms with Crippen molar-refractivity contribution >= 4 is 122 Å². The monoisotopic (exact) mass is 1000 g/mol. The zero-order valence-electron chi connectivity index (χ0n) is 43.3. The number of anilines is 6. The van der Waals surface area contributed by atoms with Gasteiger partial charge in [0.25, 0.3) is 0 Å². The lowest BCUT2D eigenvalue weighted by atomic mass is 9.82. The summed E-state index contributed by atoms with van der Waals surface area (Å²) in [4.78, 5) is 4.74. The second-order valence-corrected chi connectivity index (χ2v) is 22.3. The van der Waals surface area contributed by atoms with Gasteiger partial charge in [-0.05, 0) is 94.0 Å². The van der Waals surface area contributed by atoms with Gasteiger partial charge in [0.2, 0.25) is 0 Å². The van der Waals surface area contributed by atoms with Crippen LogP contribution in [0.1, 0.15) is 49.9 Å². The van der Waals surface area contributed by atoms with Crippen LogP contribution >= 0.6 is 0 Å². The van der Waals surface area contributed by atoms with Gasteiger partial charge in [-0.2, -0.15) is 0 Å². The molecule has 0 aliphatic heterocycles. The first-order valence-corrected chi connectivity index (χ1v) is 26.9. The fourth-order valence-electron chi connectivity index (χ4n) is 13.9. The lowest BCUT2D eigenvalue weighted by molar-refractivity contribution is 0.659. The van der Waals surface area contributed by atoms with E-state index in [9.17, 15) is 0 Å². The highest BCUT2D eigenvalue weighted by molar-refractivity contribution is 6.33. The van der Waals surface area contributed by atoms with E-state index in [1.807, 2.05) is 12.1 Å². The van der Waals surface area contributed by atoms with Crippen molar-refractivity contribution in [1.82, 2.24) is 0 Å². The van der Waals surface area contributed by atoms with Crippen molar-refractivity contribution in [1.29, 1.82) is 0 Å². The number of benzene rings is 11. The average molecular weight is 1010 g/mol. The van der Waals surface area contributed by atoms with Crippen LogP contribution in [0.2, 0.25) is 0 Å². The Hall–Kier alpha value is -9.78. The van der Waals surface area contributed by atoms with E-state index in [0.29, 0.717) is 0 Å². The molecule has 0 N–H and O–H groups in total. The molecule has 0 radical (unpaired) electrons. The van der Waals surface area contributed by atoms with Crippen molar-refractivity contribution in [3.63, 3.8) is 0 Å². The Bertz CT molecular complexity index is 4730. The third-order valence-corrected chi connectivity index (χ3v) is 17.4. The molecule has 370 valence electrons. The first kappa shape index (κ1) is 43.5. The molecule has 0 amide bonds. The maximum absolute atomic E-state index is 7.25. The third-order valence-electron chi connectivity index (χ3n) is 17.4. The van der Waals surface area contributed by atoms with E-state index in [1.165, 1.54) is 44.5 Å². The van der Waals surface area contributed by atoms with Crippen LogP contribution in [-0.2, 0) is 10.8 Å². The highest BCUT2D eigenvalue weighted by Crippen LogP contribution is 2.58. The SMILES string of the molecule is CC1(C)c2ccccc2-c2c(N(c3ccccc3)c3cc4oc5cc6c(cc5c4c4c3oc3ccccc34)oc3cc(N(c4ccccc4)c4cccc5c4-c4ccccc4C5(C)C)c4oc5ccccc5c4c36)cccc21. The summed E-state index contributed by atoms with van der Waals surface area (Å²) in [6, 6.07) is 77.9. The summed E-state index contributed by atoms with van der Waals surface area (Å²) in [5.74, 6) is 0. The molecule has 17 rings (SSSR count). The quantitative estimate of drug-likeness (QED) is 0.165. The number of hydrogen-bond acceptors (Lipinski definition) is 6. The number of rotatable bonds is 6. The molecule has 2 aliphatic carbocycles. The Morgan fingerprint density at radius 3 is 1.12 bits per heavy atom. The standard InChI is InChI=1S/C72H48N2O4/c1-71(2)49-29-15-11-25-43(49)63-51(71)31-19-33-53(63)73(41-21-7-5-8-22-41)55-39-61-65(67-45-27-13-17-35-57(45)77-69(55)67)47-37-60-48(38-59(47)75-61)66-62(76-60)40-56(70-68(66)46-28-14-18-36-58(46)78-70)74(42-23-9-6-10-24-42)54-34-20-32-52-64(54)44-26-12-16-30-50(44)72(52,3)4/h5-40H,1-4H3. The van der Waals surface area contributed by atoms with Gasteiger partial charge in [0.1, 0.15) is 33.5 Å². The van der Waals surface area contributed by atoms with Crippen molar-refractivity contribution in [3.8, 4) is 22.3 Å². The molecule has 0 bridgehead atoms. The maximum atomic E-state index is 7.25. The van der Waals surface area contributed by atoms with E-state index < -0.39 is 0 Å². The number of hydrogen-bond donors (Lipinski definition) is 0. The van der Waals surface area contributed by atoms with Crippen LogP contribution in [0, 0.1) is 0 Å². The predicted octanol–water partition coefficient (Wildman–Crippen LogP) is 20.8. The van der Waals surface area contributed by atoms with Gasteiger partial charge in [0.15, 0.2) is 11.2 Å². The van der Waals surface area contributed by atoms with Crippen molar-refractivity contribution < 1.29 is 17.7 Å². The summed E-state index contributed by atoms with van der Waals surface area (Å²) < 4.78 is 28.8. The Balaban J connectivity index is 0.939. The van der Waals surface area contributed by atoms with Gasteiger partial charge in [-0.25, -0.2) is 0 Å². The largest absolute Gasteiger partial charge is 0.456 e. The summed E-state index contributed by atoms with van der Waals surface area (Å²) in [7, 11) is 0. The molecule has 0 saturated carbocycles. The van der Waals surface area contributed by atoms with Crippen LogP contribution in [0.5, 0.6) is 0 Å². The van der Waals surface area contributed by atoms with Gasteiger partial charge >= 0.3 is 0 Å². The molecule has 15 aromatic rings.